The number of imide groups is 1. The molecule has 0 radical (unpaired) electrons. The monoisotopic (exact) mass is 730 g/mol. The third kappa shape index (κ3) is 5.34. The number of carbonyl (C=O) groups excluding carboxylic acids is 5. The summed E-state index contributed by atoms with van der Waals surface area (Å²) in [4.78, 5) is 107. The molecule has 1 aromatic carbocycles. The van der Waals surface area contributed by atoms with Crippen LogP contribution in [0.25, 0.3) is 0 Å². The van der Waals surface area contributed by atoms with Crippen LogP contribution in [0.15, 0.2) is 22.7 Å². The number of hydrogen-bond acceptors (Lipinski definition) is 17. The van der Waals surface area contributed by atoms with Crippen LogP contribution in [0.2, 0.25) is 0 Å². The van der Waals surface area contributed by atoms with Gasteiger partial charge in [-0.1, -0.05) is 5.16 Å². The summed E-state index contributed by atoms with van der Waals surface area (Å²) < 4.78 is 10.8. The number of esters is 1. The number of aromatic nitrogens is 1. The van der Waals surface area contributed by atoms with Gasteiger partial charge in [-0.05, 0) is 25.0 Å². The molecule has 1 aromatic heterocycles. The van der Waals surface area contributed by atoms with Gasteiger partial charge in [0, 0.05) is 18.2 Å². The maximum absolute atomic E-state index is 13.6. The predicted octanol–water partition coefficient (Wildman–Crippen LogP) is -1.33. The van der Waals surface area contributed by atoms with Gasteiger partial charge < -0.3 is 45.8 Å². The fourth-order valence-electron chi connectivity index (χ4n) is 6.69. The Balaban J connectivity index is 1.11. The zero-order chi connectivity index (χ0) is 36.6. The minimum atomic E-state index is -2.92. The summed E-state index contributed by atoms with van der Waals surface area (Å²) in [6, 6.07) is -1.93. The first-order valence-electron chi connectivity index (χ1n) is 15.2. The van der Waals surface area contributed by atoms with Gasteiger partial charge >= 0.3 is 23.6 Å². The van der Waals surface area contributed by atoms with Crippen molar-refractivity contribution < 1.29 is 73.1 Å². The maximum Gasteiger partial charge on any atom is 0.372 e. The van der Waals surface area contributed by atoms with Gasteiger partial charge in [0.25, 0.3) is 23.6 Å². The highest BCUT2D eigenvalue weighted by molar-refractivity contribution is 7.13. The smallest absolute Gasteiger partial charge is 0.372 e. The number of aliphatic carboxylic acids is 2. The molecule has 2 bridgehead atoms. The Hall–Kier alpha value is -5.87. The molecule has 0 spiro atoms. The highest BCUT2D eigenvalue weighted by Gasteiger charge is 2.65. The topological polar surface area (TPSA) is 307 Å². The average Bonchev–Trinajstić information content (AvgIpc) is 3.88. The van der Waals surface area contributed by atoms with Gasteiger partial charge in [0.2, 0.25) is 5.60 Å². The Morgan fingerprint density at radius 3 is 2.18 bits per heavy atom. The van der Waals surface area contributed by atoms with E-state index in [4.69, 9.17) is 24.9 Å². The first-order chi connectivity index (χ1) is 24.1. The molecule has 22 heteroatoms. The van der Waals surface area contributed by atoms with Crippen molar-refractivity contribution in [3.8, 4) is 11.5 Å². The number of phenols is 2. The van der Waals surface area contributed by atoms with Crippen LogP contribution < -0.4 is 11.1 Å². The van der Waals surface area contributed by atoms with Crippen molar-refractivity contribution in [3.63, 3.8) is 0 Å². The molecule has 5 aliphatic rings. The van der Waals surface area contributed by atoms with Gasteiger partial charge in [-0.25, -0.2) is 19.4 Å². The molecule has 5 atom stereocenters. The number of carboxylic acids is 2. The van der Waals surface area contributed by atoms with Crippen LogP contribution in [-0.2, 0) is 43.1 Å². The molecule has 7 rings (SSSR count). The summed E-state index contributed by atoms with van der Waals surface area (Å²) >= 11 is 0.923. The molecular formula is C29H26N6O15S. The molecule has 6 heterocycles. The van der Waals surface area contributed by atoms with Crippen molar-refractivity contribution in [1.29, 1.82) is 0 Å². The lowest BCUT2D eigenvalue weighted by Crippen LogP contribution is -2.57. The first-order valence-corrected chi connectivity index (χ1v) is 16.1. The van der Waals surface area contributed by atoms with Gasteiger partial charge in [0.15, 0.2) is 22.3 Å². The minimum absolute atomic E-state index is 0.0154. The molecule has 21 nitrogen and oxygen atoms in total. The molecule has 4 unspecified atom stereocenters. The van der Waals surface area contributed by atoms with Crippen LogP contribution >= 0.6 is 11.3 Å². The van der Waals surface area contributed by atoms with E-state index < -0.39 is 107 Å². The summed E-state index contributed by atoms with van der Waals surface area (Å²) in [5.74, 6) is -10.7. The summed E-state index contributed by atoms with van der Waals surface area (Å²) in [6.07, 6.45) is -0.670. The summed E-state index contributed by atoms with van der Waals surface area (Å²) in [5.41, 5.74) is -0.485. The number of carboxylic acid groups (broad SMARTS) is 2. The standard InChI is InChI=1S/C29H26N6O15S/c30-27-32-15(9-51-27)19(33-50-28(25(43)44)5-10-1-2-11(6-28)48-10)20(38)31-14-8-47-35(23(14)41)29(26(45)46)7-16(24(42)49-29)34-21(39)12-3-17(36)18(37)4-13(12)22(34)40/h3-4,9-11,14,16,36-37H,1-2,5-8H2,(H2,30,32)(H,31,38)(H,43,44)(H,45,46)/b33-19-/t10?,11?,14-,16?,28?,29?/m0/s1. The number of aromatic hydroxyl groups is 2. The third-order valence-electron chi connectivity index (χ3n) is 9.16. The SMILES string of the molecule is Nc1nc(/C(=N/OC2(C(=O)O)CC3CCC(C2)O3)C(=O)N[C@H]2CON(C3(C(=O)O)CC(N4C(=O)c5cc(O)c(O)cc5C4=O)C(=O)O3)C2=O)cs1. The quantitative estimate of drug-likeness (QED) is 0.0572. The molecule has 5 aliphatic heterocycles. The number of carbonyl (C=O) groups is 7. The Labute approximate surface area is 288 Å². The lowest BCUT2D eigenvalue weighted by Gasteiger charge is -2.34. The molecule has 2 aromatic rings. The highest BCUT2D eigenvalue weighted by atomic mass is 32.1. The van der Waals surface area contributed by atoms with Crippen LogP contribution in [0.3, 0.4) is 0 Å². The molecule has 0 saturated carbocycles. The molecular weight excluding hydrogens is 704 g/mol. The second-order valence-electron chi connectivity index (χ2n) is 12.3. The third-order valence-corrected chi connectivity index (χ3v) is 9.84. The zero-order valence-corrected chi connectivity index (χ0v) is 26.7. The summed E-state index contributed by atoms with van der Waals surface area (Å²) in [6.45, 7) is -0.694. The number of cyclic esters (lactones) is 1. The van der Waals surface area contributed by atoms with Crippen molar-refractivity contribution in [2.45, 2.75) is 67.7 Å². The number of nitrogens with one attached hydrogen (secondary N) is 1. The average molecular weight is 731 g/mol. The predicted molar refractivity (Wildman–Crippen MR) is 162 cm³/mol. The number of hydrogen-bond donors (Lipinski definition) is 6. The van der Waals surface area contributed by atoms with Crippen LogP contribution in [0.1, 0.15) is 58.5 Å². The molecule has 7 N–H and O–H groups in total. The second kappa shape index (κ2) is 11.9. The van der Waals surface area contributed by atoms with Gasteiger partial charge in [0.1, 0.15) is 24.4 Å². The number of nitrogen functional groups attached to an aromatic ring is 1. The number of fused-ring (bicyclic) bond motifs is 3. The number of benzene rings is 1. The Morgan fingerprint density at radius 2 is 1.63 bits per heavy atom. The summed E-state index contributed by atoms with van der Waals surface area (Å²) in [5, 5.41) is 47.6. The second-order valence-corrected chi connectivity index (χ2v) is 13.2. The Kier molecular flexibility index (Phi) is 7.83. The number of rotatable bonds is 9. The first kappa shape index (κ1) is 33.6. The molecule has 268 valence electrons. The van der Waals surface area contributed by atoms with Crippen LogP contribution in [0.4, 0.5) is 5.13 Å². The van der Waals surface area contributed by atoms with E-state index in [-0.39, 0.29) is 39.9 Å². The minimum Gasteiger partial charge on any atom is -0.504 e. The zero-order valence-electron chi connectivity index (χ0n) is 25.8. The highest BCUT2D eigenvalue weighted by Crippen LogP contribution is 2.42. The van der Waals surface area contributed by atoms with E-state index in [1.165, 1.54) is 5.38 Å². The Bertz CT molecular complexity index is 1910. The van der Waals surface area contributed by atoms with E-state index in [1.54, 1.807) is 0 Å². The van der Waals surface area contributed by atoms with Gasteiger partial charge in [-0.3, -0.25) is 28.9 Å². The molecule has 0 aliphatic carbocycles. The van der Waals surface area contributed by atoms with Gasteiger partial charge in [-0.15, -0.1) is 11.3 Å². The van der Waals surface area contributed by atoms with E-state index in [1.807, 2.05) is 0 Å². The fraction of sp³-hybridized carbons (Fsp3) is 0.414. The van der Waals surface area contributed by atoms with E-state index in [0.29, 0.717) is 17.7 Å². The van der Waals surface area contributed by atoms with E-state index in [2.05, 4.69) is 15.5 Å². The number of anilines is 1. The number of ether oxygens (including phenoxy) is 2. The van der Waals surface area contributed by atoms with E-state index >= 15 is 0 Å². The van der Waals surface area contributed by atoms with E-state index in [9.17, 15) is 54.0 Å². The number of thiazole rings is 1. The normalized spacial score (nSPS) is 30.1. The van der Waals surface area contributed by atoms with Crippen molar-refractivity contribution >= 4 is 63.7 Å². The van der Waals surface area contributed by atoms with Gasteiger partial charge in [-0.2, -0.15) is 5.06 Å². The molecule has 4 amide bonds. The number of phenolic OH excluding ortho intramolecular Hbond substituents is 2. The van der Waals surface area contributed by atoms with Crippen molar-refractivity contribution in [3.05, 3.63) is 34.3 Å². The largest absolute Gasteiger partial charge is 0.504 e. The number of hydroxylamine groups is 2. The number of nitrogens with zero attached hydrogens (tertiary/aromatic N) is 4. The fourth-order valence-corrected chi connectivity index (χ4v) is 7.23. The van der Waals surface area contributed by atoms with Crippen LogP contribution in [0.5, 0.6) is 11.5 Å². The van der Waals surface area contributed by atoms with Crippen molar-refractivity contribution in [1.82, 2.24) is 20.3 Å². The molecule has 4 fully saturated rings. The van der Waals surface area contributed by atoms with Crippen LogP contribution in [0, 0.1) is 0 Å². The van der Waals surface area contributed by atoms with Crippen molar-refractivity contribution in [2.75, 3.05) is 12.3 Å². The summed E-state index contributed by atoms with van der Waals surface area (Å²) in [7, 11) is 0. The number of oxime groups is 1. The lowest BCUT2D eigenvalue weighted by atomic mass is 9.90. The van der Waals surface area contributed by atoms with Gasteiger partial charge in [0.05, 0.1) is 29.8 Å². The van der Waals surface area contributed by atoms with E-state index in [0.717, 1.165) is 23.5 Å². The van der Waals surface area contributed by atoms with Crippen molar-refractivity contribution in [2.24, 2.45) is 5.16 Å². The molecule has 4 saturated heterocycles. The lowest BCUT2D eigenvalue weighted by molar-refractivity contribution is -0.256. The number of nitrogens with two attached hydrogens (primary N) is 1. The van der Waals surface area contributed by atoms with Crippen LogP contribution in [-0.4, -0.2) is 125 Å². The maximum atomic E-state index is 13.6. The Morgan fingerprint density at radius 1 is 1.00 bits per heavy atom. The molecule has 51 heavy (non-hydrogen) atoms. The number of amides is 4.